The molecule has 0 radical (unpaired) electrons. The van der Waals surface area contributed by atoms with Crippen molar-refractivity contribution in [2.45, 2.75) is 18.9 Å². The van der Waals surface area contributed by atoms with Crippen LogP contribution in [0.3, 0.4) is 0 Å². The summed E-state index contributed by atoms with van der Waals surface area (Å²) in [6, 6.07) is 10.2. The summed E-state index contributed by atoms with van der Waals surface area (Å²) < 4.78 is 0. The maximum Gasteiger partial charge on any atom is 0.223 e. The number of amides is 1. The second-order valence-electron chi connectivity index (χ2n) is 3.69. The lowest BCUT2D eigenvalue weighted by molar-refractivity contribution is -0.128. The molecule has 1 amide bonds. The van der Waals surface area contributed by atoms with Gasteiger partial charge in [0.25, 0.3) is 0 Å². The number of carbonyl (C=O) groups excluding carboxylic acids is 1. The summed E-state index contributed by atoms with van der Waals surface area (Å²) in [4.78, 5) is 13.4. The Bertz CT molecular complexity index is 391. The maximum atomic E-state index is 11.6. The van der Waals surface area contributed by atoms with E-state index in [1.54, 1.807) is 4.90 Å². The molecule has 0 saturated carbocycles. The Kier molecular flexibility index (Phi) is 2.73. The highest BCUT2D eigenvalue weighted by atomic mass is 16.2. The number of nitrogens with zero attached hydrogens (tertiary/aromatic N) is 1. The third-order valence-corrected chi connectivity index (χ3v) is 2.77. The van der Waals surface area contributed by atoms with Crippen LogP contribution in [0, 0.1) is 12.3 Å². The largest absolute Gasteiger partial charge is 0.325 e. The van der Waals surface area contributed by atoms with E-state index in [4.69, 9.17) is 6.42 Å². The molecule has 0 unspecified atom stereocenters. The highest BCUT2D eigenvalue weighted by Gasteiger charge is 2.30. The second kappa shape index (κ2) is 4.18. The van der Waals surface area contributed by atoms with Gasteiger partial charge in [0.1, 0.15) is 0 Å². The van der Waals surface area contributed by atoms with E-state index in [-0.39, 0.29) is 11.9 Å². The molecule has 2 nitrogen and oxygen atoms in total. The number of benzene rings is 1. The lowest BCUT2D eigenvalue weighted by Gasteiger charge is -2.22. The molecule has 2 heteroatoms. The SMILES string of the molecule is C#CCN1C(=O)CC[C@@H]1c1ccccc1. The molecule has 0 spiro atoms. The average molecular weight is 199 g/mol. The van der Waals surface area contributed by atoms with E-state index in [9.17, 15) is 4.79 Å². The molecule has 0 aliphatic carbocycles. The Labute approximate surface area is 89.9 Å². The number of carbonyl (C=O) groups is 1. The first-order valence-corrected chi connectivity index (χ1v) is 5.11. The third-order valence-electron chi connectivity index (χ3n) is 2.77. The minimum absolute atomic E-state index is 0.168. The maximum absolute atomic E-state index is 11.6. The van der Waals surface area contributed by atoms with Gasteiger partial charge >= 0.3 is 0 Å². The average Bonchev–Trinajstić information content (AvgIpc) is 2.63. The van der Waals surface area contributed by atoms with Crippen LogP contribution in [0.15, 0.2) is 30.3 Å². The van der Waals surface area contributed by atoms with E-state index >= 15 is 0 Å². The fourth-order valence-corrected chi connectivity index (χ4v) is 2.05. The number of hydrogen-bond acceptors (Lipinski definition) is 1. The predicted octanol–water partition coefficient (Wildman–Crippen LogP) is 1.98. The zero-order valence-corrected chi connectivity index (χ0v) is 8.52. The van der Waals surface area contributed by atoms with Gasteiger partial charge in [-0.3, -0.25) is 4.79 Å². The first-order valence-electron chi connectivity index (χ1n) is 5.11. The number of hydrogen-bond donors (Lipinski definition) is 0. The van der Waals surface area contributed by atoms with E-state index in [1.165, 1.54) is 5.56 Å². The van der Waals surface area contributed by atoms with Crippen LogP contribution >= 0.6 is 0 Å². The van der Waals surface area contributed by atoms with Gasteiger partial charge in [-0.25, -0.2) is 0 Å². The van der Waals surface area contributed by atoms with Gasteiger partial charge in [0, 0.05) is 6.42 Å². The molecule has 0 N–H and O–H groups in total. The lowest BCUT2D eigenvalue weighted by Crippen LogP contribution is -2.27. The molecule has 0 bridgehead atoms. The second-order valence-corrected chi connectivity index (χ2v) is 3.69. The van der Waals surface area contributed by atoms with E-state index in [0.29, 0.717) is 13.0 Å². The molecular formula is C13H13NO. The monoisotopic (exact) mass is 199 g/mol. The first kappa shape index (κ1) is 9.79. The van der Waals surface area contributed by atoms with Gasteiger partial charge in [0.05, 0.1) is 12.6 Å². The molecule has 1 heterocycles. The van der Waals surface area contributed by atoms with E-state index in [1.807, 2.05) is 30.3 Å². The summed E-state index contributed by atoms with van der Waals surface area (Å²) in [6.45, 7) is 0.415. The van der Waals surface area contributed by atoms with Crippen LogP contribution in [-0.2, 0) is 4.79 Å². The Balaban J connectivity index is 2.23. The van der Waals surface area contributed by atoms with E-state index in [2.05, 4.69) is 5.92 Å². The van der Waals surface area contributed by atoms with E-state index < -0.39 is 0 Å². The van der Waals surface area contributed by atoms with Crippen molar-refractivity contribution in [1.29, 1.82) is 0 Å². The molecule has 2 rings (SSSR count). The third kappa shape index (κ3) is 1.87. The molecule has 1 aliphatic heterocycles. The topological polar surface area (TPSA) is 20.3 Å². The molecule has 1 aromatic rings. The molecule has 1 atom stereocenters. The van der Waals surface area contributed by atoms with Crippen LogP contribution in [0.1, 0.15) is 24.4 Å². The van der Waals surface area contributed by atoms with Gasteiger partial charge in [-0.1, -0.05) is 36.3 Å². The van der Waals surface area contributed by atoms with Crippen molar-refractivity contribution in [1.82, 2.24) is 4.90 Å². The summed E-state index contributed by atoms with van der Waals surface area (Å²) in [6.07, 6.45) is 6.76. The van der Waals surface area contributed by atoms with Gasteiger partial charge in [-0.15, -0.1) is 6.42 Å². The number of terminal acetylenes is 1. The van der Waals surface area contributed by atoms with Crippen molar-refractivity contribution in [3.8, 4) is 12.3 Å². The Hall–Kier alpha value is -1.75. The van der Waals surface area contributed by atoms with Crippen molar-refractivity contribution < 1.29 is 4.79 Å². The van der Waals surface area contributed by atoms with Crippen molar-refractivity contribution >= 4 is 5.91 Å². The van der Waals surface area contributed by atoms with Crippen LogP contribution in [0.2, 0.25) is 0 Å². The summed E-state index contributed by atoms with van der Waals surface area (Å²) in [5.74, 6) is 2.71. The molecule has 0 aromatic heterocycles. The summed E-state index contributed by atoms with van der Waals surface area (Å²) >= 11 is 0. The highest BCUT2D eigenvalue weighted by Crippen LogP contribution is 2.31. The summed E-state index contributed by atoms with van der Waals surface area (Å²) in [5, 5.41) is 0. The van der Waals surface area contributed by atoms with Crippen molar-refractivity contribution in [3.05, 3.63) is 35.9 Å². The van der Waals surface area contributed by atoms with Gasteiger partial charge in [-0.05, 0) is 12.0 Å². The van der Waals surface area contributed by atoms with E-state index in [0.717, 1.165) is 6.42 Å². The lowest BCUT2D eigenvalue weighted by atomic mass is 10.1. The minimum atomic E-state index is 0.168. The fourth-order valence-electron chi connectivity index (χ4n) is 2.05. The molecule has 15 heavy (non-hydrogen) atoms. The van der Waals surface area contributed by atoms with Gasteiger partial charge in [0.2, 0.25) is 5.91 Å². The zero-order valence-electron chi connectivity index (χ0n) is 8.52. The zero-order chi connectivity index (χ0) is 10.7. The molecule has 1 aromatic carbocycles. The molecule has 1 saturated heterocycles. The van der Waals surface area contributed by atoms with Crippen LogP contribution < -0.4 is 0 Å². The van der Waals surface area contributed by atoms with Gasteiger partial charge in [-0.2, -0.15) is 0 Å². The predicted molar refractivity (Wildman–Crippen MR) is 59.0 cm³/mol. The Morgan fingerprint density at radius 1 is 1.40 bits per heavy atom. The smallest absolute Gasteiger partial charge is 0.223 e. The quantitative estimate of drug-likeness (QED) is 0.667. The fraction of sp³-hybridized carbons (Fsp3) is 0.308. The number of rotatable bonds is 2. The molecule has 1 aliphatic rings. The van der Waals surface area contributed by atoms with Crippen molar-refractivity contribution in [2.75, 3.05) is 6.54 Å². The van der Waals surface area contributed by atoms with Gasteiger partial charge in [0.15, 0.2) is 0 Å². The Morgan fingerprint density at radius 3 is 2.80 bits per heavy atom. The molecular weight excluding hydrogens is 186 g/mol. The van der Waals surface area contributed by atoms with Crippen LogP contribution in [0.4, 0.5) is 0 Å². The van der Waals surface area contributed by atoms with Gasteiger partial charge < -0.3 is 4.90 Å². The van der Waals surface area contributed by atoms with Crippen molar-refractivity contribution in [2.24, 2.45) is 0 Å². The van der Waals surface area contributed by atoms with Crippen LogP contribution in [0.25, 0.3) is 0 Å². The normalized spacial score (nSPS) is 20.3. The minimum Gasteiger partial charge on any atom is -0.325 e. The molecule has 1 fully saturated rings. The van der Waals surface area contributed by atoms with Crippen LogP contribution in [0.5, 0.6) is 0 Å². The van der Waals surface area contributed by atoms with Crippen LogP contribution in [-0.4, -0.2) is 17.4 Å². The first-order chi connectivity index (χ1) is 7.33. The summed E-state index contributed by atoms with van der Waals surface area (Å²) in [5.41, 5.74) is 1.18. The standard InChI is InChI=1S/C13H13NO/c1-2-10-14-12(8-9-13(14)15)11-6-4-3-5-7-11/h1,3-7,12H,8-10H2/t12-/m1/s1. The number of likely N-dealkylation sites (tertiary alicyclic amines) is 1. The summed E-state index contributed by atoms with van der Waals surface area (Å²) in [7, 11) is 0. The van der Waals surface area contributed by atoms with Crippen molar-refractivity contribution in [3.63, 3.8) is 0 Å². The molecule has 76 valence electrons. The highest BCUT2D eigenvalue weighted by molar-refractivity contribution is 5.79. The Morgan fingerprint density at radius 2 is 2.13 bits per heavy atom.